The molecule has 1 aliphatic rings. The summed E-state index contributed by atoms with van der Waals surface area (Å²) in [7, 11) is 2.54. The summed E-state index contributed by atoms with van der Waals surface area (Å²) in [6, 6.07) is 5.59. The smallest absolute Gasteiger partial charge is 0.355 e. The number of fused-ring (bicyclic) bond motifs is 1. The van der Waals surface area contributed by atoms with E-state index < -0.39 is 11.9 Å². The van der Waals surface area contributed by atoms with Gasteiger partial charge in [-0.25, -0.2) is 9.59 Å². The molecular formula is C17H14N2O4S. The van der Waals surface area contributed by atoms with Crippen LogP contribution in [0.25, 0.3) is 10.9 Å². The summed E-state index contributed by atoms with van der Waals surface area (Å²) < 4.78 is 13.9. The predicted molar refractivity (Wildman–Crippen MR) is 91.4 cm³/mol. The van der Waals surface area contributed by atoms with Crippen molar-refractivity contribution in [2.45, 2.75) is 0 Å². The second-order valence-electron chi connectivity index (χ2n) is 4.87. The first-order valence-corrected chi connectivity index (χ1v) is 7.88. The minimum atomic E-state index is -0.629. The number of anilines is 1. The lowest BCUT2D eigenvalue weighted by atomic mass is 10.1. The molecule has 0 saturated heterocycles. The zero-order valence-electron chi connectivity index (χ0n) is 13.1. The highest BCUT2D eigenvalue weighted by molar-refractivity contribution is 7.04. The van der Waals surface area contributed by atoms with Gasteiger partial charge in [0, 0.05) is 22.7 Å². The van der Waals surface area contributed by atoms with Gasteiger partial charge in [-0.15, -0.1) is 0 Å². The van der Waals surface area contributed by atoms with E-state index in [2.05, 4.69) is 4.37 Å². The molecule has 0 bridgehead atoms. The van der Waals surface area contributed by atoms with E-state index in [1.54, 1.807) is 23.3 Å². The van der Waals surface area contributed by atoms with Crippen molar-refractivity contribution in [3.05, 3.63) is 59.3 Å². The molecule has 0 amide bonds. The largest absolute Gasteiger partial charge is 0.465 e. The molecule has 1 aliphatic heterocycles. The van der Waals surface area contributed by atoms with Gasteiger partial charge in [-0.3, -0.25) is 0 Å². The molecule has 7 heteroatoms. The summed E-state index contributed by atoms with van der Waals surface area (Å²) in [5.74, 6) is -1.24. The first-order chi connectivity index (χ1) is 11.7. The Bertz CT molecular complexity index is 895. The number of allylic oxidation sites excluding steroid dienone is 2. The number of hydrogen-bond acceptors (Lipinski definition) is 7. The van der Waals surface area contributed by atoms with Gasteiger partial charge in [0.2, 0.25) is 0 Å². The van der Waals surface area contributed by atoms with Crippen LogP contribution in [-0.2, 0) is 19.1 Å². The summed E-state index contributed by atoms with van der Waals surface area (Å²) in [5, 5.41) is 2.87. The number of carbonyl (C=O) groups is 2. The van der Waals surface area contributed by atoms with Gasteiger partial charge in [0.05, 0.1) is 25.3 Å². The Morgan fingerprint density at radius 2 is 1.92 bits per heavy atom. The van der Waals surface area contributed by atoms with Crippen LogP contribution in [0.2, 0.25) is 0 Å². The molecule has 0 fully saturated rings. The van der Waals surface area contributed by atoms with E-state index in [1.807, 2.05) is 23.6 Å². The lowest BCUT2D eigenvalue weighted by Gasteiger charge is -2.23. The van der Waals surface area contributed by atoms with Gasteiger partial charge in [0.15, 0.2) is 0 Å². The first kappa shape index (κ1) is 15.9. The van der Waals surface area contributed by atoms with Crippen molar-refractivity contribution < 1.29 is 19.1 Å². The second-order valence-corrected chi connectivity index (χ2v) is 5.50. The van der Waals surface area contributed by atoms with E-state index in [4.69, 9.17) is 9.47 Å². The normalized spacial score (nSPS) is 14.0. The summed E-state index contributed by atoms with van der Waals surface area (Å²) in [5.41, 5.74) is 1.80. The number of methoxy groups -OCH3 is 2. The standard InChI is InChI=1S/C17H14N2O4S/c1-22-16(20)13-5-3-4-8-19(15(13)17(21)23-2)12-6-7-14-11(9-12)10-24-18-14/h3-10H,1-2H3. The fourth-order valence-electron chi connectivity index (χ4n) is 2.37. The molecule has 1 aromatic carbocycles. The quantitative estimate of drug-likeness (QED) is 0.799. The molecule has 0 aliphatic carbocycles. The molecule has 3 rings (SSSR count). The topological polar surface area (TPSA) is 68.7 Å². The van der Waals surface area contributed by atoms with Gasteiger partial charge in [0.1, 0.15) is 5.70 Å². The molecule has 24 heavy (non-hydrogen) atoms. The second kappa shape index (κ2) is 6.67. The van der Waals surface area contributed by atoms with Crippen LogP contribution in [0, 0.1) is 0 Å². The fourth-order valence-corrected chi connectivity index (χ4v) is 3.01. The average Bonchev–Trinajstić information content (AvgIpc) is 2.97. The van der Waals surface area contributed by atoms with Crippen LogP contribution < -0.4 is 4.90 Å². The van der Waals surface area contributed by atoms with Gasteiger partial charge in [-0.1, -0.05) is 6.08 Å². The summed E-state index contributed by atoms with van der Waals surface area (Å²) in [6.45, 7) is 0. The maximum Gasteiger partial charge on any atom is 0.355 e. The number of nitrogens with zero attached hydrogens (tertiary/aromatic N) is 2. The van der Waals surface area contributed by atoms with Crippen LogP contribution in [0.3, 0.4) is 0 Å². The number of esters is 2. The number of rotatable bonds is 3. The summed E-state index contributed by atoms with van der Waals surface area (Å²) in [4.78, 5) is 26.0. The third-order valence-electron chi connectivity index (χ3n) is 3.51. The van der Waals surface area contributed by atoms with Crippen LogP contribution in [0.4, 0.5) is 5.69 Å². The zero-order valence-corrected chi connectivity index (χ0v) is 13.9. The van der Waals surface area contributed by atoms with E-state index in [0.29, 0.717) is 5.69 Å². The number of benzene rings is 1. The molecule has 0 unspecified atom stereocenters. The molecule has 0 atom stereocenters. The summed E-state index contributed by atoms with van der Waals surface area (Å²) >= 11 is 1.36. The van der Waals surface area contributed by atoms with Crippen LogP contribution >= 0.6 is 11.5 Å². The first-order valence-electron chi connectivity index (χ1n) is 7.05. The molecule has 2 aromatic rings. The maximum absolute atomic E-state index is 12.3. The van der Waals surface area contributed by atoms with Gasteiger partial charge in [-0.05, 0) is 41.9 Å². The minimum Gasteiger partial charge on any atom is -0.465 e. The van der Waals surface area contributed by atoms with E-state index in [9.17, 15) is 9.59 Å². The van der Waals surface area contributed by atoms with Crippen molar-refractivity contribution >= 4 is 40.1 Å². The van der Waals surface area contributed by atoms with E-state index >= 15 is 0 Å². The van der Waals surface area contributed by atoms with E-state index in [1.165, 1.54) is 31.8 Å². The number of ether oxygens (including phenoxy) is 2. The Morgan fingerprint density at radius 1 is 1.12 bits per heavy atom. The maximum atomic E-state index is 12.3. The van der Waals surface area contributed by atoms with Crippen LogP contribution in [0.15, 0.2) is 59.3 Å². The monoisotopic (exact) mass is 342 g/mol. The molecular weight excluding hydrogens is 328 g/mol. The van der Waals surface area contributed by atoms with Gasteiger partial charge < -0.3 is 14.4 Å². The molecule has 0 saturated carbocycles. The molecule has 0 N–H and O–H groups in total. The Balaban J connectivity index is 2.18. The minimum absolute atomic E-state index is 0.0943. The average molecular weight is 342 g/mol. The Kier molecular flexibility index (Phi) is 4.43. The third-order valence-corrected chi connectivity index (χ3v) is 4.17. The molecule has 2 heterocycles. The van der Waals surface area contributed by atoms with Crippen molar-refractivity contribution in [1.29, 1.82) is 0 Å². The van der Waals surface area contributed by atoms with E-state index in [0.717, 1.165) is 10.9 Å². The Morgan fingerprint density at radius 3 is 2.67 bits per heavy atom. The molecule has 1 aromatic heterocycles. The van der Waals surface area contributed by atoms with E-state index in [-0.39, 0.29) is 11.3 Å². The van der Waals surface area contributed by atoms with Crippen LogP contribution in [0.5, 0.6) is 0 Å². The highest BCUT2D eigenvalue weighted by Crippen LogP contribution is 2.29. The Labute approximate surface area is 142 Å². The molecule has 6 nitrogen and oxygen atoms in total. The highest BCUT2D eigenvalue weighted by atomic mass is 32.1. The van der Waals surface area contributed by atoms with Crippen molar-refractivity contribution in [2.24, 2.45) is 0 Å². The third kappa shape index (κ3) is 2.81. The highest BCUT2D eigenvalue weighted by Gasteiger charge is 2.27. The number of aromatic nitrogens is 1. The fraction of sp³-hybridized carbons (Fsp3) is 0.118. The van der Waals surface area contributed by atoms with Gasteiger partial charge in [0.25, 0.3) is 0 Å². The number of hydrogen-bond donors (Lipinski definition) is 0. The van der Waals surface area contributed by atoms with Crippen molar-refractivity contribution in [1.82, 2.24) is 4.37 Å². The SMILES string of the molecule is COC(=O)C1=C(C(=O)OC)N(c2ccc3nscc3c2)C=CC=C1. The number of carbonyl (C=O) groups excluding carboxylic acids is 2. The van der Waals surface area contributed by atoms with Crippen molar-refractivity contribution in [3.8, 4) is 0 Å². The zero-order chi connectivity index (χ0) is 17.1. The lowest BCUT2D eigenvalue weighted by molar-refractivity contribution is -0.139. The molecule has 0 radical (unpaired) electrons. The van der Waals surface area contributed by atoms with Crippen molar-refractivity contribution in [3.63, 3.8) is 0 Å². The van der Waals surface area contributed by atoms with Gasteiger partial charge >= 0.3 is 11.9 Å². The molecule has 122 valence electrons. The summed E-state index contributed by atoms with van der Waals surface area (Å²) in [6.07, 6.45) is 6.62. The predicted octanol–water partition coefficient (Wildman–Crippen LogP) is 2.79. The van der Waals surface area contributed by atoms with Crippen LogP contribution in [-0.4, -0.2) is 30.5 Å². The van der Waals surface area contributed by atoms with Crippen LogP contribution in [0.1, 0.15) is 0 Å². The lowest BCUT2D eigenvalue weighted by Crippen LogP contribution is -2.26. The molecule has 0 spiro atoms. The van der Waals surface area contributed by atoms with Crippen molar-refractivity contribution in [2.75, 3.05) is 19.1 Å². The Hall–Kier alpha value is -2.93. The van der Waals surface area contributed by atoms with Gasteiger partial charge in [-0.2, -0.15) is 4.37 Å².